The van der Waals surface area contributed by atoms with Gasteiger partial charge in [0.2, 0.25) is 0 Å². The first-order chi connectivity index (χ1) is 10.6. The Balaban J connectivity index is 1.80. The van der Waals surface area contributed by atoms with Crippen molar-refractivity contribution in [1.82, 2.24) is 19.6 Å². The second-order valence-corrected chi connectivity index (χ2v) is 5.32. The van der Waals surface area contributed by atoms with E-state index < -0.39 is 5.97 Å². The van der Waals surface area contributed by atoms with Gasteiger partial charge in [0, 0.05) is 27.5 Å². The van der Waals surface area contributed by atoms with Gasteiger partial charge in [0.05, 0.1) is 0 Å². The number of rotatable bonds is 3. The smallest absolute Gasteiger partial charge is 0.378 e. The van der Waals surface area contributed by atoms with Crippen LogP contribution in [0.4, 0.5) is 0 Å². The van der Waals surface area contributed by atoms with Crippen molar-refractivity contribution in [1.29, 1.82) is 0 Å². The first-order valence-corrected chi connectivity index (χ1v) is 7.10. The maximum atomic E-state index is 12.0. The fraction of sp³-hybridized carbons (Fsp3) is 0.143. The lowest BCUT2D eigenvalue weighted by Crippen LogP contribution is -2.08. The van der Waals surface area contributed by atoms with Crippen molar-refractivity contribution < 1.29 is 9.53 Å². The highest BCUT2D eigenvalue weighted by molar-refractivity contribution is 6.35. The summed E-state index contributed by atoms with van der Waals surface area (Å²) in [6.45, 7) is 1.78. The SMILES string of the molecule is Cc1ccnc2nc(C(=O)OCc3c(Cl)cccc3Cl)nn12. The highest BCUT2D eigenvalue weighted by atomic mass is 35.5. The molecule has 0 aliphatic carbocycles. The molecule has 0 aliphatic heterocycles. The maximum Gasteiger partial charge on any atom is 0.378 e. The largest absolute Gasteiger partial charge is 0.455 e. The molecule has 6 nitrogen and oxygen atoms in total. The van der Waals surface area contributed by atoms with Crippen LogP contribution in [-0.2, 0) is 11.3 Å². The molecule has 22 heavy (non-hydrogen) atoms. The number of carbonyl (C=O) groups is 1. The molecule has 2 aromatic heterocycles. The molecule has 0 saturated carbocycles. The molecule has 0 bridgehead atoms. The number of carbonyl (C=O) groups excluding carboxylic acids is 1. The Morgan fingerprint density at radius 1 is 1.27 bits per heavy atom. The lowest BCUT2D eigenvalue weighted by molar-refractivity contribution is 0.0459. The number of hydrogen-bond donors (Lipinski definition) is 0. The fourth-order valence-corrected chi connectivity index (χ4v) is 2.37. The molecule has 0 amide bonds. The third-order valence-corrected chi connectivity index (χ3v) is 3.73. The van der Waals surface area contributed by atoms with Gasteiger partial charge in [-0.3, -0.25) is 0 Å². The standard InChI is InChI=1S/C14H10Cl2N4O2/c1-8-5-6-17-14-18-12(19-20(8)14)13(21)22-7-9-10(15)3-2-4-11(9)16/h2-6H,7H2,1H3. The second kappa shape index (κ2) is 5.90. The second-order valence-electron chi connectivity index (χ2n) is 4.51. The van der Waals surface area contributed by atoms with Crippen LogP contribution in [-0.4, -0.2) is 25.6 Å². The Kier molecular flexibility index (Phi) is 3.96. The van der Waals surface area contributed by atoms with Gasteiger partial charge in [-0.2, -0.15) is 4.98 Å². The molecule has 8 heteroatoms. The third kappa shape index (κ3) is 2.75. The van der Waals surface area contributed by atoms with Crippen molar-refractivity contribution in [2.75, 3.05) is 0 Å². The maximum absolute atomic E-state index is 12.0. The van der Waals surface area contributed by atoms with E-state index in [0.717, 1.165) is 5.69 Å². The zero-order chi connectivity index (χ0) is 15.7. The van der Waals surface area contributed by atoms with E-state index in [1.54, 1.807) is 30.5 Å². The quantitative estimate of drug-likeness (QED) is 0.687. The summed E-state index contributed by atoms with van der Waals surface area (Å²) in [7, 11) is 0. The molecular formula is C14H10Cl2N4O2. The van der Waals surface area contributed by atoms with Crippen LogP contribution in [0.5, 0.6) is 0 Å². The zero-order valence-electron chi connectivity index (χ0n) is 11.5. The van der Waals surface area contributed by atoms with E-state index in [2.05, 4.69) is 15.1 Å². The van der Waals surface area contributed by atoms with Gasteiger partial charge in [-0.1, -0.05) is 29.3 Å². The van der Waals surface area contributed by atoms with E-state index in [4.69, 9.17) is 27.9 Å². The van der Waals surface area contributed by atoms with Crippen molar-refractivity contribution in [3.63, 3.8) is 0 Å². The number of halogens is 2. The van der Waals surface area contributed by atoms with Crippen molar-refractivity contribution in [2.45, 2.75) is 13.5 Å². The van der Waals surface area contributed by atoms with E-state index in [0.29, 0.717) is 21.4 Å². The van der Waals surface area contributed by atoms with Crippen molar-refractivity contribution in [2.24, 2.45) is 0 Å². The van der Waals surface area contributed by atoms with Gasteiger partial charge in [0.25, 0.3) is 11.6 Å². The molecule has 0 aliphatic rings. The Morgan fingerprint density at radius 2 is 2.00 bits per heavy atom. The average molecular weight is 337 g/mol. The number of benzene rings is 1. The molecular weight excluding hydrogens is 327 g/mol. The fourth-order valence-electron chi connectivity index (χ4n) is 1.87. The van der Waals surface area contributed by atoms with Crippen molar-refractivity contribution in [3.05, 3.63) is 57.6 Å². The summed E-state index contributed by atoms with van der Waals surface area (Å²) < 4.78 is 6.64. The summed E-state index contributed by atoms with van der Waals surface area (Å²) in [5.74, 6) is -0.395. The predicted octanol–water partition coefficient (Wildman–Crippen LogP) is 3.10. The van der Waals surface area contributed by atoms with E-state index in [9.17, 15) is 4.79 Å². The molecule has 112 valence electrons. The van der Waals surface area contributed by atoms with Gasteiger partial charge in [-0.25, -0.2) is 14.3 Å². The highest BCUT2D eigenvalue weighted by Crippen LogP contribution is 2.25. The lowest BCUT2D eigenvalue weighted by Gasteiger charge is -2.06. The first-order valence-electron chi connectivity index (χ1n) is 6.34. The minimum Gasteiger partial charge on any atom is -0.455 e. The summed E-state index contributed by atoms with van der Waals surface area (Å²) >= 11 is 12.0. The number of hydrogen-bond acceptors (Lipinski definition) is 5. The van der Waals surface area contributed by atoms with Crippen LogP contribution in [0.25, 0.3) is 5.78 Å². The van der Waals surface area contributed by atoms with Crippen LogP contribution in [0.3, 0.4) is 0 Å². The van der Waals surface area contributed by atoms with Crippen LogP contribution in [0.15, 0.2) is 30.5 Å². The highest BCUT2D eigenvalue weighted by Gasteiger charge is 2.17. The van der Waals surface area contributed by atoms with Crippen LogP contribution < -0.4 is 0 Å². The van der Waals surface area contributed by atoms with Crippen molar-refractivity contribution >= 4 is 34.9 Å². The molecule has 0 radical (unpaired) electrons. The Bertz CT molecular complexity index is 843. The normalized spacial score (nSPS) is 10.9. The van der Waals surface area contributed by atoms with E-state index in [1.807, 2.05) is 6.92 Å². The first kappa shape index (κ1) is 14.7. The number of esters is 1. The topological polar surface area (TPSA) is 69.4 Å². The molecule has 3 aromatic rings. The minimum absolute atomic E-state index is 0.0562. The molecule has 0 fully saturated rings. The molecule has 1 aromatic carbocycles. The monoisotopic (exact) mass is 336 g/mol. The number of fused-ring (bicyclic) bond motifs is 1. The molecule has 3 rings (SSSR count). The predicted molar refractivity (Wildman–Crippen MR) is 81.1 cm³/mol. The summed E-state index contributed by atoms with van der Waals surface area (Å²) in [6, 6.07) is 6.83. The van der Waals surface area contributed by atoms with Gasteiger partial charge in [0.1, 0.15) is 6.61 Å². The van der Waals surface area contributed by atoms with E-state index in [-0.39, 0.29) is 12.4 Å². The third-order valence-electron chi connectivity index (χ3n) is 3.02. The summed E-state index contributed by atoms with van der Waals surface area (Å²) in [5.41, 5.74) is 1.35. The number of ether oxygens (including phenoxy) is 1. The van der Waals surface area contributed by atoms with Gasteiger partial charge in [0.15, 0.2) is 0 Å². The average Bonchev–Trinajstić information content (AvgIpc) is 2.92. The summed E-state index contributed by atoms with van der Waals surface area (Å²) in [6.07, 6.45) is 1.60. The molecule has 0 N–H and O–H groups in total. The Labute approximate surface area is 135 Å². The zero-order valence-corrected chi connectivity index (χ0v) is 13.0. The molecule has 0 unspecified atom stereocenters. The Morgan fingerprint density at radius 3 is 2.68 bits per heavy atom. The van der Waals surface area contributed by atoms with Crippen molar-refractivity contribution in [3.8, 4) is 0 Å². The van der Waals surface area contributed by atoms with E-state index in [1.165, 1.54) is 4.52 Å². The van der Waals surface area contributed by atoms with Gasteiger partial charge in [-0.15, -0.1) is 5.10 Å². The van der Waals surface area contributed by atoms with Crippen LogP contribution in [0, 0.1) is 6.92 Å². The van der Waals surface area contributed by atoms with E-state index >= 15 is 0 Å². The number of nitrogens with zero attached hydrogens (tertiary/aromatic N) is 4. The number of aromatic nitrogens is 4. The molecule has 0 saturated heterocycles. The van der Waals surface area contributed by atoms with Gasteiger partial charge >= 0.3 is 5.97 Å². The number of aryl methyl sites for hydroxylation is 1. The van der Waals surface area contributed by atoms with Crippen LogP contribution >= 0.6 is 23.2 Å². The summed E-state index contributed by atoms with van der Waals surface area (Å²) in [4.78, 5) is 20.1. The summed E-state index contributed by atoms with van der Waals surface area (Å²) in [5, 5.41) is 4.93. The van der Waals surface area contributed by atoms with Gasteiger partial charge in [-0.05, 0) is 25.1 Å². The Hall–Kier alpha value is -2.18. The lowest BCUT2D eigenvalue weighted by atomic mass is 10.2. The van der Waals surface area contributed by atoms with Crippen LogP contribution in [0.2, 0.25) is 10.0 Å². The minimum atomic E-state index is -0.666. The molecule has 0 spiro atoms. The molecule has 2 heterocycles. The van der Waals surface area contributed by atoms with Crippen LogP contribution in [0.1, 0.15) is 21.9 Å². The molecule has 0 atom stereocenters. The van der Waals surface area contributed by atoms with Gasteiger partial charge < -0.3 is 4.74 Å².